The van der Waals surface area contributed by atoms with Crippen LogP contribution >= 0.6 is 11.3 Å². The van der Waals surface area contributed by atoms with Crippen LogP contribution in [0.15, 0.2) is 12.1 Å². The summed E-state index contributed by atoms with van der Waals surface area (Å²) in [7, 11) is 0. The van der Waals surface area contributed by atoms with E-state index in [9.17, 15) is 0 Å². The molecule has 0 aromatic carbocycles. The predicted octanol–water partition coefficient (Wildman–Crippen LogP) is 5.10. The van der Waals surface area contributed by atoms with Crippen LogP contribution in [0.1, 0.15) is 56.7 Å². The van der Waals surface area contributed by atoms with Crippen molar-refractivity contribution in [1.29, 1.82) is 0 Å². The Hall–Kier alpha value is -0.740. The van der Waals surface area contributed by atoms with E-state index in [1.165, 1.54) is 16.2 Å². The van der Waals surface area contributed by atoms with Crippen molar-refractivity contribution in [1.82, 2.24) is 0 Å². The van der Waals surface area contributed by atoms with E-state index in [-0.39, 0.29) is 0 Å². The molecule has 0 amide bonds. The Labute approximate surface area is 110 Å². The Kier molecular flexibility index (Phi) is 5.78. The van der Waals surface area contributed by atoms with Gasteiger partial charge in [0.15, 0.2) is 0 Å². The van der Waals surface area contributed by atoms with E-state index >= 15 is 0 Å². The fourth-order valence-electron chi connectivity index (χ4n) is 1.79. The minimum atomic E-state index is 0.459. The van der Waals surface area contributed by atoms with Crippen molar-refractivity contribution in [2.24, 2.45) is 11.8 Å². The zero-order chi connectivity index (χ0) is 12.8. The molecule has 1 heterocycles. The van der Waals surface area contributed by atoms with Crippen LogP contribution in [-0.4, -0.2) is 0 Å². The third-order valence-corrected chi connectivity index (χ3v) is 4.31. The van der Waals surface area contributed by atoms with Gasteiger partial charge in [-0.2, -0.15) is 0 Å². The largest absolute Gasteiger partial charge is 0.145 e. The second-order valence-electron chi connectivity index (χ2n) is 5.15. The molecule has 2 atom stereocenters. The first-order valence-electron chi connectivity index (χ1n) is 6.61. The van der Waals surface area contributed by atoms with Crippen LogP contribution < -0.4 is 0 Å². The molecule has 0 radical (unpaired) electrons. The van der Waals surface area contributed by atoms with Crippen molar-refractivity contribution in [2.75, 3.05) is 0 Å². The highest BCUT2D eigenvalue weighted by Crippen LogP contribution is 2.31. The molecule has 0 spiro atoms. The molecule has 0 fully saturated rings. The zero-order valence-electron chi connectivity index (χ0n) is 11.7. The topological polar surface area (TPSA) is 0 Å². The minimum absolute atomic E-state index is 0.459. The molecule has 0 N–H and O–H groups in total. The number of thiophene rings is 1. The Balaban J connectivity index is 2.69. The summed E-state index contributed by atoms with van der Waals surface area (Å²) in [6.45, 7) is 11.2. The second-order valence-corrected chi connectivity index (χ2v) is 6.35. The Bertz CT molecular complexity index is 389. The fraction of sp³-hybridized carbons (Fsp3) is 0.625. The molecule has 1 aromatic rings. The van der Waals surface area contributed by atoms with Crippen molar-refractivity contribution >= 4 is 11.3 Å². The molecular weight excluding hydrogens is 224 g/mol. The van der Waals surface area contributed by atoms with E-state index in [2.05, 4.69) is 58.6 Å². The summed E-state index contributed by atoms with van der Waals surface area (Å²) in [6.07, 6.45) is 2.16. The molecule has 0 saturated heterocycles. The summed E-state index contributed by atoms with van der Waals surface area (Å²) in [5.74, 6) is 8.29. The van der Waals surface area contributed by atoms with Crippen molar-refractivity contribution < 1.29 is 0 Å². The lowest BCUT2D eigenvalue weighted by atomic mass is 9.95. The zero-order valence-corrected chi connectivity index (χ0v) is 12.5. The van der Waals surface area contributed by atoms with E-state index in [1.54, 1.807) is 0 Å². The van der Waals surface area contributed by atoms with Gasteiger partial charge in [-0.3, -0.25) is 0 Å². The first-order valence-corrected chi connectivity index (χ1v) is 7.43. The summed E-state index contributed by atoms with van der Waals surface area (Å²) in [4.78, 5) is 3.00. The van der Waals surface area contributed by atoms with Gasteiger partial charge < -0.3 is 0 Å². The molecular formula is C16H24S. The molecule has 0 aliphatic heterocycles. The molecule has 17 heavy (non-hydrogen) atoms. The first kappa shape index (κ1) is 14.3. The highest BCUT2D eigenvalue weighted by atomic mass is 32.1. The second kappa shape index (κ2) is 6.87. The van der Waals surface area contributed by atoms with Gasteiger partial charge in [-0.1, -0.05) is 40.5 Å². The maximum atomic E-state index is 3.34. The van der Waals surface area contributed by atoms with Gasteiger partial charge in [0.05, 0.1) is 0 Å². The lowest BCUT2D eigenvalue weighted by molar-refractivity contribution is 0.619. The Morgan fingerprint density at radius 3 is 2.47 bits per heavy atom. The van der Waals surface area contributed by atoms with Gasteiger partial charge in [-0.05, 0) is 24.5 Å². The van der Waals surface area contributed by atoms with Gasteiger partial charge in [0.25, 0.3) is 0 Å². The van der Waals surface area contributed by atoms with Crippen molar-refractivity contribution in [3.05, 3.63) is 21.9 Å². The molecule has 0 aliphatic rings. The molecule has 0 aliphatic carbocycles. The number of rotatable bonds is 4. The van der Waals surface area contributed by atoms with Crippen molar-refractivity contribution in [3.63, 3.8) is 0 Å². The molecule has 1 heteroatoms. The van der Waals surface area contributed by atoms with E-state index in [0.29, 0.717) is 11.8 Å². The van der Waals surface area contributed by atoms with Gasteiger partial charge in [-0.25, -0.2) is 0 Å². The molecule has 94 valence electrons. The van der Waals surface area contributed by atoms with Crippen LogP contribution in [0.3, 0.4) is 0 Å². The van der Waals surface area contributed by atoms with Crippen molar-refractivity contribution in [3.8, 4) is 11.8 Å². The predicted molar refractivity (Wildman–Crippen MR) is 78.5 cm³/mol. The quantitative estimate of drug-likeness (QED) is 0.650. The third-order valence-electron chi connectivity index (χ3n) is 3.00. The summed E-state index contributed by atoms with van der Waals surface area (Å²) in [5, 5.41) is 0. The van der Waals surface area contributed by atoms with Gasteiger partial charge in [0, 0.05) is 28.0 Å². The lowest BCUT2D eigenvalue weighted by Gasteiger charge is -2.12. The Morgan fingerprint density at radius 1 is 1.18 bits per heavy atom. The fourth-order valence-corrected chi connectivity index (χ4v) is 3.17. The minimum Gasteiger partial charge on any atom is -0.145 e. The first-order chi connectivity index (χ1) is 8.04. The average molecular weight is 248 g/mol. The van der Waals surface area contributed by atoms with E-state index in [4.69, 9.17) is 0 Å². The van der Waals surface area contributed by atoms with Crippen LogP contribution in [-0.2, 0) is 6.42 Å². The molecule has 0 nitrogen and oxygen atoms in total. The molecule has 0 saturated carbocycles. The van der Waals surface area contributed by atoms with E-state index in [0.717, 1.165) is 12.3 Å². The lowest BCUT2D eigenvalue weighted by Crippen LogP contribution is -2.01. The van der Waals surface area contributed by atoms with Gasteiger partial charge in [0.1, 0.15) is 0 Å². The third kappa shape index (κ3) is 4.56. The highest BCUT2D eigenvalue weighted by Gasteiger charge is 2.14. The smallest absolute Gasteiger partial charge is 0.0248 e. The van der Waals surface area contributed by atoms with Crippen LogP contribution in [0, 0.1) is 23.7 Å². The highest BCUT2D eigenvalue weighted by molar-refractivity contribution is 7.12. The molecule has 1 rings (SSSR count). The van der Waals surface area contributed by atoms with Crippen LogP contribution in [0.5, 0.6) is 0 Å². The Morgan fingerprint density at radius 2 is 1.88 bits per heavy atom. The standard InChI is InChI=1S/C16H24S/c1-6-7-8-13(4)14(5)16-10-9-15(17-16)11-12(2)3/h9-10,12-14H,6,11H2,1-5H3. The normalized spacial score (nSPS) is 14.2. The van der Waals surface area contributed by atoms with Crippen LogP contribution in [0.4, 0.5) is 0 Å². The SMILES string of the molecule is CCC#CC(C)C(C)c1ccc(CC(C)C)s1. The van der Waals surface area contributed by atoms with Crippen LogP contribution in [0.25, 0.3) is 0 Å². The van der Waals surface area contributed by atoms with Gasteiger partial charge in [0.2, 0.25) is 0 Å². The van der Waals surface area contributed by atoms with E-state index < -0.39 is 0 Å². The monoisotopic (exact) mass is 248 g/mol. The summed E-state index contributed by atoms with van der Waals surface area (Å²) >= 11 is 1.96. The molecule has 1 aromatic heterocycles. The maximum absolute atomic E-state index is 3.34. The number of hydrogen-bond donors (Lipinski definition) is 0. The average Bonchev–Trinajstić information content (AvgIpc) is 2.72. The summed E-state index contributed by atoms with van der Waals surface area (Å²) in [6, 6.07) is 4.58. The van der Waals surface area contributed by atoms with Crippen LogP contribution in [0.2, 0.25) is 0 Å². The van der Waals surface area contributed by atoms with Gasteiger partial charge >= 0.3 is 0 Å². The molecule has 2 unspecified atom stereocenters. The van der Waals surface area contributed by atoms with Crippen molar-refractivity contribution in [2.45, 2.75) is 53.4 Å². The summed E-state index contributed by atoms with van der Waals surface area (Å²) in [5.41, 5.74) is 0. The van der Waals surface area contributed by atoms with Gasteiger partial charge in [-0.15, -0.1) is 17.3 Å². The maximum Gasteiger partial charge on any atom is 0.0248 e. The molecule has 0 bridgehead atoms. The van der Waals surface area contributed by atoms with E-state index in [1.807, 2.05) is 11.3 Å². The summed E-state index contributed by atoms with van der Waals surface area (Å²) < 4.78 is 0. The number of hydrogen-bond acceptors (Lipinski definition) is 1.